The highest BCUT2D eigenvalue weighted by atomic mass is 16.7. The van der Waals surface area contributed by atoms with Crippen molar-refractivity contribution in [2.24, 2.45) is 0 Å². The van der Waals surface area contributed by atoms with Crippen molar-refractivity contribution in [3.05, 3.63) is 24.0 Å². The van der Waals surface area contributed by atoms with Crippen molar-refractivity contribution in [3.8, 4) is 0 Å². The highest BCUT2D eigenvalue weighted by Gasteiger charge is 2.21. The van der Waals surface area contributed by atoms with Gasteiger partial charge in [-0.15, -0.1) is 0 Å². The second kappa shape index (κ2) is 7.54. The molecule has 0 aromatic heterocycles. The molecule has 1 saturated heterocycles. The fourth-order valence-corrected chi connectivity index (χ4v) is 2.14. The lowest BCUT2D eigenvalue weighted by Crippen LogP contribution is -2.28. The van der Waals surface area contributed by atoms with Crippen molar-refractivity contribution in [1.29, 1.82) is 0 Å². The van der Waals surface area contributed by atoms with Crippen LogP contribution in [0.4, 0.5) is 0 Å². The van der Waals surface area contributed by atoms with Crippen LogP contribution in [0, 0.1) is 0 Å². The normalized spacial score (nSPS) is 24.3. The van der Waals surface area contributed by atoms with Crippen molar-refractivity contribution in [2.75, 3.05) is 0 Å². The molecule has 0 bridgehead atoms. The van der Waals surface area contributed by atoms with Crippen LogP contribution < -0.4 is 0 Å². The van der Waals surface area contributed by atoms with Crippen molar-refractivity contribution in [2.45, 2.75) is 71.7 Å². The standard InChI is InChI=1S/C15H26O2/c1-12(2)9-7-5-6-8-10-15-11-13(3)16-14(4)17-15/h9,14-15H,3,5-8,10-11H2,1-2,4H3/t14-,15+/m1/s1. The summed E-state index contributed by atoms with van der Waals surface area (Å²) in [6.45, 7) is 10.1. The molecule has 98 valence electrons. The van der Waals surface area contributed by atoms with Gasteiger partial charge in [0.25, 0.3) is 0 Å². The van der Waals surface area contributed by atoms with Gasteiger partial charge in [-0.3, -0.25) is 0 Å². The Morgan fingerprint density at radius 3 is 2.76 bits per heavy atom. The Labute approximate surface area is 106 Å². The van der Waals surface area contributed by atoms with Gasteiger partial charge in [-0.25, -0.2) is 0 Å². The van der Waals surface area contributed by atoms with E-state index < -0.39 is 0 Å². The monoisotopic (exact) mass is 238 g/mol. The Morgan fingerprint density at radius 1 is 1.35 bits per heavy atom. The van der Waals surface area contributed by atoms with E-state index in [1.165, 1.54) is 31.3 Å². The van der Waals surface area contributed by atoms with Gasteiger partial charge in [-0.2, -0.15) is 0 Å². The molecule has 0 N–H and O–H groups in total. The van der Waals surface area contributed by atoms with E-state index in [9.17, 15) is 0 Å². The topological polar surface area (TPSA) is 18.5 Å². The molecule has 0 spiro atoms. The van der Waals surface area contributed by atoms with E-state index >= 15 is 0 Å². The van der Waals surface area contributed by atoms with Gasteiger partial charge in [0.1, 0.15) is 0 Å². The summed E-state index contributed by atoms with van der Waals surface area (Å²) in [6, 6.07) is 0. The van der Waals surface area contributed by atoms with Crippen LogP contribution in [0.2, 0.25) is 0 Å². The fourth-order valence-electron chi connectivity index (χ4n) is 2.14. The summed E-state index contributed by atoms with van der Waals surface area (Å²) in [5.74, 6) is 0.873. The third-order valence-electron chi connectivity index (χ3n) is 2.95. The Morgan fingerprint density at radius 2 is 2.12 bits per heavy atom. The van der Waals surface area contributed by atoms with E-state index in [0.29, 0.717) is 6.10 Å². The molecule has 1 fully saturated rings. The number of ether oxygens (including phenoxy) is 2. The summed E-state index contributed by atoms with van der Waals surface area (Å²) in [6.07, 6.45) is 9.51. The molecule has 1 aliphatic rings. The maximum Gasteiger partial charge on any atom is 0.196 e. The zero-order valence-electron chi connectivity index (χ0n) is 11.5. The van der Waals surface area contributed by atoms with Crippen LogP contribution in [0.3, 0.4) is 0 Å². The molecule has 2 nitrogen and oxygen atoms in total. The number of hydrogen-bond donors (Lipinski definition) is 0. The second-order valence-corrected chi connectivity index (χ2v) is 5.11. The smallest absolute Gasteiger partial charge is 0.196 e. The first kappa shape index (κ1) is 14.3. The Balaban J connectivity index is 2.06. The average molecular weight is 238 g/mol. The highest BCUT2D eigenvalue weighted by Crippen LogP contribution is 2.23. The predicted molar refractivity (Wildman–Crippen MR) is 71.7 cm³/mol. The summed E-state index contributed by atoms with van der Waals surface area (Å²) in [5, 5.41) is 0. The first-order chi connectivity index (χ1) is 8.08. The SMILES string of the molecule is C=C1C[C@H](CCCCCC=C(C)C)O[C@H](C)O1. The second-order valence-electron chi connectivity index (χ2n) is 5.11. The Bertz CT molecular complexity index is 264. The minimum absolute atomic E-state index is 0.119. The third-order valence-corrected chi connectivity index (χ3v) is 2.95. The van der Waals surface area contributed by atoms with E-state index in [-0.39, 0.29) is 6.29 Å². The van der Waals surface area contributed by atoms with Gasteiger partial charge >= 0.3 is 0 Å². The van der Waals surface area contributed by atoms with E-state index in [4.69, 9.17) is 9.47 Å². The number of allylic oxidation sites excluding steroid dienone is 2. The first-order valence-corrected chi connectivity index (χ1v) is 6.71. The highest BCUT2D eigenvalue weighted by molar-refractivity contribution is 4.92. The Hall–Kier alpha value is -0.760. The van der Waals surface area contributed by atoms with Gasteiger partial charge in [0.05, 0.1) is 11.9 Å². The van der Waals surface area contributed by atoms with Gasteiger partial charge in [0, 0.05) is 6.42 Å². The van der Waals surface area contributed by atoms with Crippen molar-refractivity contribution >= 4 is 0 Å². The van der Waals surface area contributed by atoms with Gasteiger partial charge < -0.3 is 9.47 Å². The number of rotatable bonds is 6. The molecule has 0 amide bonds. The zero-order valence-corrected chi connectivity index (χ0v) is 11.5. The molecular weight excluding hydrogens is 212 g/mol. The van der Waals surface area contributed by atoms with Crippen LogP contribution >= 0.6 is 0 Å². The van der Waals surface area contributed by atoms with Gasteiger partial charge in [-0.05, 0) is 40.0 Å². The molecule has 0 aliphatic carbocycles. The summed E-state index contributed by atoms with van der Waals surface area (Å²) < 4.78 is 11.1. The molecule has 2 heteroatoms. The minimum atomic E-state index is -0.119. The molecule has 1 rings (SSSR count). The summed E-state index contributed by atoms with van der Waals surface area (Å²) in [7, 11) is 0. The van der Waals surface area contributed by atoms with E-state index in [2.05, 4.69) is 26.5 Å². The predicted octanol–water partition coefficient (Wildman–Crippen LogP) is 4.57. The van der Waals surface area contributed by atoms with Gasteiger partial charge in [0.15, 0.2) is 6.29 Å². The van der Waals surface area contributed by atoms with E-state index in [1.54, 1.807) is 0 Å². The lowest BCUT2D eigenvalue weighted by Gasteiger charge is -2.30. The maximum absolute atomic E-state index is 5.71. The molecule has 17 heavy (non-hydrogen) atoms. The molecule has 0 unspecified atom stereocenters. The molecule has 0 saturated carbocycles. The van der Waals surface area contributed by atoms with E-state index in [0.717, 1.165) is 18.6 Å². The van der Waals surface area contributed by atoms with Crippen molar-refractivity contribution < 1.29 is 9.47 Å². The summed E-state index contributed by atoms with van der Waals surface area (Å²) in [4.78, 5) is 0. The first-order valence-electron chi connectivity index (χ1n) is 6.71. The summed E-state index contributed by atoms with van der Waals surface area (Å²) in [5.41, 5.74) is 1.42. The molecule has 1 aliphatic heterocycles. The summed E-state index contributed by atoms with van der Waals surface area (Å²) >= 11 is 0. The van der Waals surface area contributed by atoms with Crippen LogP contribution in [0.15, 0.2) is 24.0 Å². The largest absolute Gasteiger partial charge is 0.470 e. The molecule has 0 aromatic carbocycles. The van der Waals surface area contributed by atoms with Crippen molar-refractivity contribution in [3.63, 3.8) is 0 Å². The van der Waals surface area contributed by atoms with Crippen molar-refractivity contribution in [1.82, 2.24) is 0 Å². The molecule has 0 aromatic rings. The van der Waals surface area contributed by atoms with Crippen LogP contribution in [0.1, 0.15) is 59.3 Å². The molecule has 0 radical (unpaired) electrons. The lowest BCUT2D eigenvalue weighted by molar-refractivity contribution is -0.174. The minimum Gasteiger partial charge on any atom is -0.470 e. The van der Waals surface area contributed by atoms with Gasteiger partial charge in [-0.1, -0.05) is 31.1 Å². The molecule has 2 atom stereocenters. The van der Waals surface area contributed by atoms with E-state index in [1.807, 2.05) is 6.92 Å². The van der Waals surface area contributed by atoms with Crippen LogP contribution in [0.25, 0.3) is 0 Å². The van der Waals surface area contributed by atoms with Crippen LogP contribution in [-0.4, -0.2) is 12.4 Å². The van der Waals surface area contributed by atoms with Crippen LogP contribution in [-0.2, 0) is 9.47 Å². The fraction of sp³-hybridized carbons (Fsp3) is 0.733. The maximum atomic E-state index is 5.71. The van der Waals surface area contributed by atoms with Crippen LogP contribution in [0.5, 0.6) is 0 Å². The average Bonchev–Trinajstić information content (AvgIpc) is 2.21. The quantitative estimate of drug-likeness (QED) is 0.498. The molecular formula is C15H26O2. The van der Waals surface area contributed by atoms with Gasteiger partial charge in [0.2, 0.25) is 0 Å². The Kier molecular flexibility index (Phi) is 6.35. The number of unbranched alkanes of at least 4 members (excludes halogenated alkanes) is 3. The zero-order chi connectivity index (χ0) is 12.7. The lowest BCUT2D eigenvalue weighted by atomic mass is 10.0. The number of hydrogen-bond acceptors (Lipinski definition) is 2. The third kappa shape index (κ3) is 6.52. The molecule has 1 heterocycles.